The number of nitrogens with one attached hydrogen (secondary N) is 2. The SMILES string of the molecule is N#CN(C(=N)N)c1ccc(Oc2ccc(-c3cnc(COc4ccccc4)[nH]3)cc2)cc1F. The van der Waals surface area contributed by atoms with Crippen LogP contribution in [0, 0.1) is 22.7 Å². The Morgan fingerprint density at radius 2 is 1.79 bits per heavy atom. The fourth-order valence-electron chi connectivity index (χ4n) is 3.06. The van der Waals surface area contributed by atoms with Crippen LogP contribution in [0.4, 0.5) is 10.1 Å². The summed E-state index contributed by atoms with van der Waals surface area (Å²) < 4.78 is 25.8. The largest absolute Gasteiger partial charge is 0.486 e. The number of nitriles is 1. The summed E-state index contributed by atoms with van der Waals surface area (Å²) in [6.07, 6.45) is 3.38. The molecule has 8 nitrogen and oxygen atoms in total. The molecule has 0 spiro atoms. The van der Waals surface area contributed by atoms with E-state index in [0.29, 0.717) is 23.1 Å². The Balaban J connectivity index is 1.41. The van der Waals surface area contributed by atoms with Crippen molar-refractivity contribution in [2.75, 3.05) is 4.90 Å². The van der Waals surface area contributed by atoms with E-state index < -0.39 is 11.8 Å². The maximum Gasteiger partial charge on any atom is 0.206 e. The average Bonchev–Trinajstić information content (AvgIpc) is 3.30. The number of benzene rings is 3. The van der Waals surface area contributed by atoms with Gasteiger partial charge in [0.05, 0.1) is 17.6 Å². The Morgan fingerprint density at radius 1 is 1.06 bits per heavy atom. The summed E-state index contributed by atoms with van der Waals surface area (Å²) >= 11 is 0. The standard InChI is InChI=1S/C24H19FN6O2/c25-20-12-19(10-11-22(20)31(15-26)24(27)28)33-18-8-6-16(7-9-18)21-13-29-23(30-21)14-32-17-4-2-1-3-5-17/h1-13H,14H2,(H3,27,28)(H,29,30). The maximum absolute atomic E-state index is 14.4. The van der Waals surface area contributed by atoms with Crippen LogP contribution in [0.25, 0.3) is 11.3 Å². The van der Waals surface area contributed by atoms with Crippen LogP contribution in [0.15, 0.2) is 79.0 Å². The second-order valence-corrected chi connectivity index (χ2v) is 6.91. The highest BCUT2D eigenvalue weighted by atomic mass is 19.1. The van der Waals surface area contributed by atoms with E-state index in [1.165, 1.54) is 12.1 Å². The molecule has 0 bridgehead atoms. The van der Waals surface area contributed by atoms with E-state index in [1.807, 2.05) is 42.5 Å². The van der Waals surface area contributed by atoms with Gasteiger partial charge >= 0.3 is 0 Å². The molecule has 0 aliphatic carbocycles. The topological polar surface area (TPSA) is 124 Å². The number of hydrogen-bond donors (Lipinski definition) is 3. The number of nitrogens with two attached hydrogens (primary N) is 1. The smallest absolute Gasteiger partial charge is 0.206 e. The zero-order valence-electron chi connectivity index (χ0n) is 17.3. The van der Waals surface area contributed by atoms with Gasteiger partial charge in [-0.3, -0.25) is 5.41 Å². The van der Waals surface area contributed by atoms with Crippen LogP contribution in [0.5, 0.6) is 17.2 Å². The van der Waals surface area contributed by atoms with E-state index in [4.69, 9.17) is 25.9 Å². The first-order valence-electron chi connectivity index (χ1n) is 9.87. The molecule has 1 heterocycles. The van der Waals surface area contributed by atoms with Gasteiger partial charge in [-0.1, -0.05) is 18.2 Å². The lowest BCUT2D eigenvalue weighted by Crippen LogP contribution is -2.32. The molecule has 0 aliphatic heterocycles. The summed E-state index contributed by atoms with van der Waals surface area (Å²) in [5.74, 6) is 0.900. The van der Waals surface area contributed by atoms with Gasteiger partial charge in [0, 0.05) is 6.07 Å². The number of rotatable bonds is 7. The average molecular weight is 442 g/mol. The molecule has 4 aromatic rings. The number of nitrogens with zero attached hydrogens (tertiary/aromatic N) is 3. The van der Waals surface area contributed by atoms with Gasteiger partial charge in [0.1, 0.15) is 29.7 Å². The van der Waals surface area contributed by atoms with Crippen molar-refractivity contribution in [3.05, 3.63) is 90.6 Å². The highest BCUT2D eigenvalue weighted by Crippen LogP contribution is 2.29. The van der Waals surface area contributed by atoms with E-state index in [2.05, 4.69) is 9.97 Å². The van der Waals surface area contributed by atoms with Crippen molar-refractivity contribution in [3.63, 3.8) is 0 Å². The fourth-order valence-corrected chi connectivity index (χ4v) is 3.06. The lowest BCUT2D eigenvalue weighted by molar-refractivity contribution is 0.297. The second kappa shape index (κ2) is 9.53. The second-order valence-electron chi connectivity index (χ2n) is 6.91. The monoisotopic (exact) mass is 442 g/mol. The number of aromatic amines is 1. The molecule has 0 atom stereocenters. The van der Waals surface area contributed by atoms with E-state index >= 15 is 0 Å². The van der Waals surface area contributed by atoms with E-state index in [0.717, 1.165) is 23.1 Å². The fraction of sp³-hybridized carbons (Fsp3) is 0.0417. The van der Waals surface area contributed by atoms with Crippen molar-refractivity contribution in [3.8, 4) is 34.7 Å². The summed E-state index contributed by atoms with van der Waals surface area (Å²) in [5.41, 5.74) is 6.89. The Kier molecular flexibility index (Phi) is 6.18. The number of hydrogen-bond acceptors (Lipinski definition) is 5. The van der Waals surface area contributed by atoms with Gasteiger partial charge in [0.25, 0.3) is 0 Å². The Hall–Kier alpha value is -4.84. The van der Waals surface area contributed by atoms with Crippen molar-refractivity contribution in [2.45, 2.75) is 6.61 Å². The van der Waals surface area contributed by atoms with E-state index in [-0.39, 0.29) is 11.4 Å². The first-order chi connectivity index (χ1) is 16.0. The number of guanidine groups is 1. The third kappa shape index (κ3) is 5.08. The normalized spacial score (nSPS) is 10.3. The van der Waals surface area contributed by atoms with Gasteiger partial charge in [-0.2, -0.15) is 5.26 Å². The van der Waals surface area contributed by atoms with Crippen molar-refractivity contribution in [2.24, 2.45) is 5.73 Å². The van der Waals surface area contributed by atoms with Crippen molar-refractivity contribution < 1.29 is 13.9 Å². The van der Waals surface area contributed by atoms with Gasteiger partial charge in [-0.25, -0.2) is 14.3 Å². The van der Waals surface area contributed by atoms with Crippen molar-refractivity contribution in [1.82, 2.24) is 9.97 Å². The number of aromatic nitrogens is 2. The predicted octanol–water partition coefficient (Wildman–Crippen LogP) is 4.77. The number of imidazole rings is 1. The maximum atomic E-state index is 14.4. The summed E-state index contributed by atoms with van der Waals surface area (Å²) in [6.45, 7) is 0.319. The number of H-pyrrole nitrogens is 1. The molecular formula is C24H19FN6O2. The Labute approximate surface area is 189 Å². The molecule has 0 radical (unpaired) electrons. The highest BCUT2D eigenvalue weighted by Gasteiger charge is 2.15. The summed E-state index contributed by atoms with van der Waals surface area (Å²) in [4.78, 5) is 8.25. The summed E-state index contributed by atoms with van der Waals surface area (Å²) in [5, 5.41) is 16.4. The minimum atomic E-state index is -0.733. The van der Waals surface area contributed by atoms with Crippen molar-refractivity contribution in [1.29, 1.82) is 10.7 Å². The molecule has 0 saturated heterocycles. The summed E-state index contributed by atoms with van der Waals surface area (Å²) in [6, 6.07) is 20.6. The van der Waals surface area contributed by atoms with Gasteiger partial charge < -0.3 is 20.2 Å². The van der Waals surface area contributed by atoms with Crippen LogP contribution in [-0.4, -0.2) is 15.9 Å². The molecule has 9 heteroatoms. The molecule has 3 aromatic carbocycles. The van der Waals surface area contributed by atoms with E-state index in [1.54, 1.807) is 24.5 Å². The van der Waals surface area contributed by atoms with Crippen LogP contribution in [0.1, 0.15) is 5.82 Å². The van der Waals surface area contributed by atoms with Crippen LogP contribution >= 0.6 is 0 Å². The highest BCUT2D eigenvalue weighted by molar-refractivity contribution is 5.95. The molecule has 4 N–H and O–H groups in total. The summed E-state index contributed by atoms with van der Waals surface area (Å²) in [7, 11) is 0. The van der Waals surface area contributed by atoms with Crippen LogP contribution in [0.2, 0.25) is 0 Å². The molecular weight excluding hydrogens is 423 g/mol. The first-order valence-corrected chi connectivity index (χ1v) is 9.87. The molecule has 33 heavy (non-hydrogen) atoms. The Morgan fingerprint density at radius 3 is 2.45 bits per heavy atom. The molecule has 164 valence electrons. The number of para-hydroxylation sites is 1. The molecule has 0 aliphatic rings. The number of anilines is 1. The minimum absolute atomic E-state index is 0.126. The number of ether oxygens (including phenoxy) is 2. The third-order valence-corrected chi connectivity index (χ3v) is 4.65. The van der Waals surface area contributed by atoms with Crippen LogP contribution < -0.4 is 20.1 Å². The molecule has 4 rings (SSSR count). The predicted molar refractivity (Wildman–Crippen MR) is 121 cm³/mol. The third-order valence-electron chi connectivity index (χ3n) is 4.65. The first kappa shape index (κ1) is 21.4. The van der Waals surface area contributed by atoms with Gasteiger partial charge in [0.15, 0.2) is 12.0 Å². The van der Waals surface area contributed by atoms with Crippen molar-refractivity contribution >= 4 is 11.6 Å². The Bertz CT molecular complexity index is 1300. The zero-order valence-corrected chi connectivity index (χ0v) is 17.3. The van der Waals surface area contributed by atoms with Crippen LogP contribution in [-0.2, 0) is 6.61 Å². The molecule has 0 saturated carbocycles. The molecule has 1 aromatic heterocycles. The van der Waals surface area contributed by atoms with E-state index in [9.17, 15) is 4.39 Å². The molecule has 0 unspecified atom stereocenters. The van der Waals surface area contributed by atoms with Gasteiger partial charge in [0.2, 0.25) is 5.96 Å². The van der Waals surface area contributed by atoms with Gasteiger partial charge in [-0.05, 0) is 54.1 Å². The lowest BCUT2D eigenvalue weighted by Gasteiger charge is -2.14. The molecule has 0 amide bonds. The zero-order chi connectivity index (χ0) is 23.2. The van der Waals surface area contributed by atoms with Crippen LogP contribution in [0.3, 0.4) is 0 Å². The number of halogens is 1. The quantitative estimate of drug-likeness (QED) is 0.164. The molecule has 0 fully saturated rings. The lowest BCUT2D eigenvalue weighted by atomic mass is 10.1. The van der Waals surface area contributed by atoms with Gasteiger partial charge in [-0.15, -0.1) is 0 Å². The minimum Gasteiger partial charge on any atom is -0.486 e.